The van der Waals surface area contributed by atoms with Gasteiger partial charge in [-0.2, -0.15) is 0 Å². The first kappa shape index (κ1) is 11.2. The summed E-state index contributed by atoms with van der Waals surface area (Å²) >= 11 is 1.69. The average molecular weight is 214 g/mol. The highest BCUT2D eigenvalue weighted by atomic mass is 32.1. The van der Waals surface area contributed by atoms with Crippen LogP contribution in [0.15, 0.2) is 17.5 Å². The number of hydrogen-bond donors (Lipinski definition) is 1. The molecule has 0 radical (unpaired) electrons. The van der Waals surface area contributed by atoms with Gasteiger partial charge in [0.1, 0.15) is 0 Å². The number of ether oxygens (including phenoxy) is 1. The maximum absolute atomic E-state index is 10.3. The van der Waals surface area contributed by atoms with Crippen LogP contribution in [-0.4, -0.2) is 23.8 Å². The molecule has 4 heteroatoms. The molecule has 14 heavy (non-hydrogen) atoms. The minimum absolute atomic E-state index is 0.0738. The quantitative estimate of drug-likeness (QED) is 0.789. The summed E-state index contributed by atoms with van der Waals surface area (Å²) in [7, 11) is 0. The summed E-state index contributed by atoms with van der Waals surface area (Å²) in [5, 5.41) is 10.5. The Hall–Kier alpha value is -0.870. The zero-order valence-corrected chi connectivity index (χ0v) is 8.92. The normalized spacial score (nSPS) is 12.6. The molecular formula is C10H14O3S. The van der Waals surface area contributed by atoms with Crippen molar-refractivity contribution >= 4 is 17.3 Å². The molecule has 0 saturated carbocycles. The Bertz CT molecular complexity index is 269. The summed E-state index contributed by atoms with van der Waals surface area (Å²) < 4.78 is 5.35. The largest absolute Gasteiger partial charge is 0.481 e. The molecule has 0 aliphatic heterocycles. The summed E-state index contributed by atoms with van der Waals surface area (Å²) in [5.41, 5.74) is 0. The fourth-order valence-corrected chi connectivity index (χ4v) is 1.81. The highest BCUT2D eigenvalue weighted by molar-refractivity contribution is 7.09. The van der Waals surface area contributed by atoms with Gasteiger partial charge in [0, 0.05) is 11.3 Å². The zero-order valence-electron chi connectivity index (χ0n) is 8.10. The number of carboxylic acids is 1. The summed E-state index contributed by atoms with van der Waals surface area (Å²) in [6.07, 6.45) is 0.735. The monoisotopic (exact) mass is 214 g/mol. The first-order valence-electron chi connectivity index (χ1n) is 4.54. The molecule has 1 atom stereocenters. The summed E-state index contributed by atoms with van der Waals surface area (Å²) in [5.74, 6) is -0.811. The summed E-state index contributed by atoms with van der Waals surface area (Å²) in [4.78, 5) is 11.6. The molecule has 78 valence electrons. The van der Waals surface area contributed by atoms with Crippen molar-refractivity contribution in [3.63, 3.8) is 0 Å². The molecule has 0 unspecified atom stereocenters. The van der Waals surface area contributed by atoms with Crippen LogP contribution in [0.25, 0.3) is 0 Å². The second kappa shape index (κ2) is 5.78. The molecule has 0 bridgehead atoms. The van der Waals surface area contributed by atoms with Crippen molar-refractivity contribution in [2.45, 2.75) is 25.9 Å². The Labute approximate surface area is 87.3 Å². The Balaban J connectivity index is 2.12. The van der Waals surface area contributed by atoms with Gasteiger partial charge >= 0.3 is 5.97 Å². The molecule has 1 N–H and O–H groups in total. The van der Waals surface area contributed by atoms with E-state index in [1.54, 1.807) is 18.3 Å². The first-order chi connectivity index (χ1) is 6.68. The predicted octanol–water partition coefficient (Wildman–Crippen LogP) is 2.17. The number of rotatable bonds is 6. The van der Waals surface area contributed by atoms with E-state index >= 15 is 0 Å². The van der Waals surface area contributed by atoms with Crippen molar-refractivity contribution in [1.82, 2.24) is 0 Å². The van der Waals surface area contributed by atoms with Gasteiger partial charge in [-0.1, -0.05) is 6.07 Å². The fourth-order valence-electron chi connectivity index (χ4n) is 1.12. The molecule has 0 amide bonds. The van der Waals surface area contributed by atoms with Gasteiger partial charge in [0.15, 0.2) is 0 Å². The molecule has 1 aromatic heterocycles. The second-order valence-electron chi connectivity index (χ2n) is 3.11. The molecule has 0 saturated heterocycles. The Morgan fingerprint density at radius 2 is 2.50 bits per heavy atom. The SMILES string of the molecule is C[C@H](CC(=O)O)OCCc1cccs1. The van der Waals surface area contributed by atoms with Crippen molar-refractivity contribution in [1.29, 1.82) is 0 Å². The van der Waals surface area contributed by atoms with Crippen LogP contribution in [0, 0.1) is 0 Å². The van der Waals surface area contributed by atoms with Gasteiger partial charge in [0.25, 0.3) is 0 Å². The van der Waals surface area contributed by atoms with E-state index in [1.165, 1.54) is 4.88 Å². The molecule has 0 aliphatic rings. The van der Waals surface area contributed by atoms with E-state index in [0.29, 0.717) is 6.61 Å². The number of aliphatic carboxylic acids is 1. The molecule has 1 heterocycles. The lowest BCUT2D eigenvalue weighted by Gasteiger charge is -2.09. The maximum atomic E-state index is 10.3. The Kier molecular flexibility index (Phi) is 4.62. The van der Waals surface area contributed by atoms with E-state index < -0.39 is 5.97 Å². The number of thiophene rings is 1. The molecule has 0 aliphatic carbocycles. The smallest absolute Gasteiger partial charge is 0.305 e. The van der Waals surface area contributed by atoms with E-state index in [4.69, 9.17) is 9.84 Å². The molecular weight excluding hydrogens is 200 g/mol. The van der Waals surface area contributed by atoms with Crippen molar-refractivity contribution in [3.05, 3.63) is 22.4 Å². The maximum Gasteiger partial charge on any atom is 0.305 e. The molecule has 0 fully saturated rings. The van der Waals surface area contributed by atoms with Crippen LogP contribution >= 0.6 is 11.3 Å². The van der Waals surface area contributed by atoms with Crippen LogP contribution in [-0.2, 0) is 16.0 Å². The molecule has 1 rings (SSSR count). The lowest BCUT2D eigenvalue weighted by atomic mass is 10.3. The van der Waals surface area contributed by atoms with Crippen molar-refractivity contribution in [2.75, 3.05) is 6.61 Å². The molecule has 0 aromatic carbocycles. The van der Waals surface area contributed by atoms with Gasteiger partial charge in [-0.05, 0) is 18.4 Å². The second-order valence-corrected chi connectivity index (χ2v) is 4.14. The van der Waals surface area contributed by atoms with E-state index in [1.807, 2.05) is 11.4 Å². The number of carbonyl (C=O) groups is 1. The van der Waals surface area contributed by atoms with Crippen LogP contribution in [0.4, 0.5) is 0 Å². The summed E-state index contributed by atoms with van der Waals surface area (Å²) in [6.45, 7) is 2.37. The molecule has 0 spiro atoms. The van der Waals surface area contributed by atoms with Gasteiger partial charge in [-0.25, -0.2) is 0 Å². The van der Waals surface area contributed by atoms with Crippen LogP contribution in [0.2, 0.25) is 0 Å². The van der Waals surface area contributed by atoms with Gasteiger partial charge < -0.3 is 9.84 Å². The van der Waals surface area contributed by atoms with E-state index in [9.17, 15) is 4.79 Å². The van der Waals surface area contributed by atoms with Crippen molar-refractivity contribution in [2.24, 2.45) is 0 Å². The first-order valence-corrected chi connectivity index (χ1v) is 5.42. The van der Waals surface area contributed by atoms with E-state index in [0.717, 1.165) is 6.42 Å². The highest BCUT2D eigenvalue weighted by Gasteiger charge is 2.07. The Morgan fingerprint density at radius 1 is 1.71 bits per heavy atom. The lowest BCUT2D eigenvalue weighted by molar-refractivity contribution is -0.139. The third kappa shape index (κ3) is 4.39. The van der Waals surface area contributed by atoms with Crippen LogP contribution in [0.5, 0.6) is 0 Å². The minimum Gasteiger partial charge on any atom is -0.481 e. The van der Waals surface area contributed by atoms with Crippen molar-refractivity contribution < 1.29 is 14.6 Å². The number of carboxylic acid groups (broad SMARTS) is 1. The molecule has 1 aromatic rings. The van der Waals surface area contributed by atoms with Crippen LogP contribution in [0.3, 0.4) is 0 Å². The van der Waals surface area contributed by atoms with Gasteiger partial charge in [0.2, 0.25) is 0 Å². The third-order valence-electron chi connectivity index (χ3n) is 1.79. The zero-order chi connectivity index (χ0) is 10.4. The topological polar surface area (TPSA) is 46.5 Å². The third-order valence-corrected chi connectivity index (χ3v) is 2.73. The van der Waals surface area contributed by atoms with E-state index in [-0.39, 0.29) is 12.5 Å². The Morgan fingerprint density at radius 3 is 3.07 bits per heavy atom. The van der Waals surface area contributed by atoms with Crippen LogP contribution < -0.4 is 0 Å². The van der Waals surface area contributed by atoms with Gasteiger partial charge in [0.05, 0.1) is 19.1 Å². The highest BCUT2D eigenvalue weighted by Crippen LogP contribution is 2.09. The van der Waals surface area contributed by atoms with Gasteiger partial charge in [-0.3, -0.25) is 4.79 Å². The lowest BCUT2D eigenvalue weighted by Crippen LogP contribution is -2.15. The predicted molar refractivity (Wildman–Crippen MR) is 55.7 cm³/mol. The van der Waals surface area contributed by atoms with Crippen molar-refractivity contribution in [3.8, 4) is 0 Å². The summed E-state index contributed by atoms with van der Waals surface area (Å²) in [6, 6.07) is 4.05. The minimum atomic E-state index is -0.811. The molecule has 3 nitrogen and oxygen atoms in total. The van der Waals surface area contributed by atoms with Gasteiger partial charge in [-0.15, -0.1) is 11.3 Å². The average Bonchev–Trinajstić information content (AvgIpc) is 2.55. The van der Waals surface area contributed by atoms with E-state index in [2.05, 4.69) is 6.07 Å². The standard InChI is InChI=1S/C10H14O3S/c1-8(7-10(11)12)13-5-4-9-3-2-6-14-9/h2-3,6,8H,4-5,7H2,1H3,(H,11,12)/t8-/m1/s1. The number of hydrogen-bond acceptors (Lipinski definition) is 3. The fraction of sp³-hybridized carbons (Fsp3) is 0.500. The van der Waals surface area contributed by atoms with Crippen LogP contribution in [0.1, 0.15) is 18.2 Å².